The molecule has 1 aromatic heterocycles. The number of hydrogen-bond acceptors (Lipinski definition) is 6. The molecule has 8 heteroatoms. The molecule has 5 rings (SSSR count). The van der Waals surface area contributed by atoms with Crippen molar-refractivity contribution in [2.24, 2.45) is 0 Å². The van der Waals surface area contributed by atoms with Crippen molar-refractivity contribution in [1.29, 1.82) is 0 Å². The van der Waals surface area contributed by atoms with E-state index in [1.54, 1.807) is 11.8 Å². The number of benzene rings is 2. The van der Waals surface area contributed by atoms with E-state index in [2.05, 4.69) is 50.9 Å². The lowest BCUT2D eigenvalue weighted by molar-refractivity contribution is -0.116. The summed E-state index contributed by atoms with van der Waals surface area (Å²) in [4.78, 5) is 29.2. The molecule has 1 amide bonds. The van der Waals surface area contributed by atoms with Crippen molar-refractivity contribution >= 4 is 35.1 Å². The smallest absolute Gasteiger partial charge is 0.232 e. The molecule has 176 valence electrons. The summed E-state index contributed by atoms with van der Waals surface area (Å²) in [6.07, 6.45) is 3.08. The third-order valence-corrected chi connectivity index (χ3v) is 7.63. The molecule has 1 fully saturated rings. The second-order valence-electron chi connectivity index (χ2n) is 9.04. The van der Waals surface area contributed by atoms with E-state index in [1.807, 2.05) is 25.1 Å². The van der Waals surface area contributed by atoms with Gasteiger partial charge in [-0.2, -0.15) is 0 Å². The van der Waals surface area contributed by atoms with E-state index in [0.29, 0.717) is 12.1 Å². The van der Waals surface area contributed by atoms with Crippen LogP contribution in [0.15, 0.2) is 47.6 Å². The van der Waals surface area contributed by atoms with Crippen LogP contribution in [0.1, 0.15) is 48.2 Å². The van der Waals surface area contributed by atoms with Crippen LogP contribution in [0.2, 0.25) is 0 Å². The molecular formula is C26H29N5O2S. The number of ketones is 1. The van der Waals surface area contributed by atoms with Crippen LogP contribution in [0.4, 0.5) is 11.6 Å². The monoisotopic (exact) mass is 475 g/mol. The van der Waals surface area contributed by atoms with Crippen LogP contribution < -0.4 is 9.80 Å². The van der Waals surface area contributed by atoms with Gasteiger partial charge in [-0.05, 0) is 69.0 Å². The first-order valence-electron chi connectivity index (χ1n) is 11.8. The molecule has 2 aromatic carbocycles. The molecule has 34 heavy (non-hydrogen) atoms. The highest BCUT2D eigenvalue weighted by Gasteiger charge is 2.27. The lowest BCUT2D eigenvalue weighted by Crippen LogP contribution is -2.25. The predicted molar refractivity (Wildman–Crippen MR) is 135 cm³/mol. The molecule has 3 aromatic rings. The average Bonchev–Trinajstić information content (AvgIpc) is 3.58. The number of nitrogens with zero attached hydrogens (tertiary/aromatic N) is 5. The Kier molecular flexibility index (Phi) is 6.16. The van der Waals surface area contributed by atoms with Crippen molar-refractivity contribution in [2.75, 3.05) is 29.4 Å². The summed E-state index contributed by atoms with van der Waals surface area (Å²) in [5.74, 6) is 0.923. The Morgan fingerprint density at radius 2 is 1.74 bits per heavy atom. The molecule has 0 saturated carbocycles. The maximum atomic E-state index is 13.4. The first-order valence-corrected chi connectivity index (χ1v) is 12.7. The Hall–Kier alpha value is -3.13. The summed E-state index contributed by atoms with van der Waals surface area (Å²) < 4.78 is 2.08. The predicted octanol–water partition coefficient (Wildman–Crippen LogP) is 4.45. The van der Waals surface area contributed by atoms with Gasteiger partial charge in [-0.1, -0.05) is 29.5 Å². The van der Waals surface area contributed by atoms with Gasteiger partial charge >= 0.3 is 0 Å². The van der Waals surface area contributed by atoms with Crippen LogP contribution in [0.25, 0.3) is 5.69 Å². The lowest BCUT2D eigenvalue weighted by Gasteiger charge is -2.19. The van der Waals surface area contributed by atoms with Gasteiger partial charge in [-0.25, -0.2) is 0 Å². The largest absolute Gasteiger partial charge is 0.341 e. The van der Waals surface area contributed by atoms with Crippen molar-refractivity contribution in [3.63, 3.8) is 0 Å². The Labute approximate surface area is 204 Å². The second kappa shape index (κ2) is 9.25. The summed E-state index contributed by atoms with van der Waals surface area (Å²) in [6, 6.07) is 14.0. The molecule has 0 aliphatic carbocycles. The van der Waals surface area contributed by atoms with Gasteiger partial charge in [0, 0.05) is 37.8 Å². The van der Waals surface area contributed by atoms with Crippen molar-refractivity contribution in [3.05, 3.63) is 59.2 Å². The number of thioether (sulfide) groups is 1. The highest BCUT2D eigenvalue weighted by Crippen LogP contribution is 2.33. The maximum Gasteiger partial charge on any atom is 0.232 e. The van der Waals surface area contributed by atoms with Gasteiger partial charge in [-0.15, -0.1) is 10.2 Å². The topological polar surface area (TPSA) is 71.3 Å². The fraction of sp³-hybridized carbons (Fsp3) is 0.385. The van der Waals surface area contributed by atoms with E-state index in [1.165, 1.54) is 17.3 Å². The van der Waals surface area contributed by atoms with E-state index in [0.717, 1.165) is 60.4 Å². The molecule has 3 heterocycles. The SMILES string of the molecule is CC(=O)N1CCc2cc(C(=O)C(C)Sc3nnc(N4CCCC4)n3-c3ccc(C)cc3)ccc21. The minimum atomic E-state index is -0.330. The van der Waals surface area contributed by atoms with Gasteiger partial charge in [0.15, 0.2) is 10.9 Å². The van der Waals surface area contributed by atoms with E-state index < -0.39 is 0 Å². The van der Waals surface area contributed by atoms with Crippen molar-refractivity contribution in [2.45, 2.75) is 50.4 Å². The molecule has 7 nitrogen and oxygen atoms in total. The number of fused-ring (bicyclic) bond motifs is 1. The van der Waals surface area contributed by atoms with Crippen molar-refractivity contribution in [3.8, 4) is 5.69 Å². The molecule has 2 aliphatic rings. The maximum absolute atomic E-state index is 13.4. The molecule has 2 aliphatic heterocycles. The van der Waals surface area contributed by atoms with E-state index in [-0.39, 0.29) is 16.9 Å². The highest BCUT2D eigenvalue weighted by atomic mass is 32.2. The Morgan fingerprint density at radius 1 is 1.00 bits per heavy atom. The van der Waals surface area contributed by atoms with E-state index in [9.17, 15) is 9.59 Å². The molecule has 0 N–H and O–H groups in total. The quantitative estimate of drug-likeness (QED) is 0.388. The van der Waals surface area contributed by atoms with Crippen LogP contribution in [0, 0.1) is 6.92 Å². The highest BCUT2D eigenvalue weighted by molar-refractivity contribution is 8.00. The molecule has 0 bridgehead atoms. The molecular weight excluding hydrogens is 446 g/mol. The Bertz CT molecular complexity index is 1230. The van der Waals surface area contributed by atoms with Gasteiger partial charge in [0.2, 0.25) is 11.9 Å². The number of amides is 1. The number of hydrogen-bond donors (Lipinski definition) is 0. The summed E-state index contributed by atoms with van der Waals surface area (Å²) in [5, 5.41) is 9.41. The lowest BCUT2D eigenvalue weighted by atomic mass is 10.0. The van der Waals surface area contributed by atoms with Crippen molar-refractivity contribution in [1.82, 2.24) is 14.8 Å². The third-order valence-electron chi connectivity index (χ3n) is 6.59. The van der Waals surface area contributed by atoms with Crippen LogP contribution in [-0.4, -0.2) is 51.3 Å². The second-order valence-corrected chi connectivity index (χ2v) is 10.3. The van der Waals surface area contributed by atoms with Crippen LogP contribution in [0.5, 0.6) is 0 Å². The number of rotatable bonds is 6. The van der Waals surface area contributed by atoms with Gasteiger partial charge in [0.25, 0.3) is 0 Å². The number of carbonyl (C=O) groups excluding carboxylic acids is 2. The minimum absolute atomic E-state index is 0.0333. The molecule has 0 spiro atoms. The number of aromatic nitrogens is 3. The van der Waals surface area contributed by atoms with Crippen LogP contribution in [-0.2, 0) is 11.2 Å². The number of anilines is 2. The summed E-state index contributed by atoms with van der Waals surface area (Å²) >= 11 is 1.44. The zero-order valence-corrected chi connectivity index (χ0v) is 20.6. The zero-order valence-electron chi connectivity index (χ0n) is 19.8. The Morgan fingerprint density at radius 3 is 2.44 bits per heavy atom. The van der Waals surface area contributed by atoms with Crippen LogP contribution in [0.3, 0.4) is 0 Å². The first-order chi connectivity index (χ1) is 16.4. The first kappa shape index (κ1) is 22.7. The van der Waals surface area contributed by atoms with Crippen LogP contribution >= 0.6 is 11.8 Å². The van der Waals surface area contributed by atoms with E-state index in [4.69, 9.17) is 0 Å². The summed E-state index contributed by atoms with van der Waals surface area (Å²) in [5.41, 5.74) is 4.83. The fourth-order valence-corrected chi connectivity index (χ4v) is 5.65. The Balaban J connectivity index is 1.41. The normalized spacial score (nSPS) is 16.1. The molecule has 1 atom stereocenters. The number of aryl methyl sites for hydroxylation is 1. The van der Waals surface area contributed by atoms with Gasteiger partial charge < -0.3 is 9.80 Å². The van der Waals surface area contributed by atoms with Gasteiger partial charge in [-0.3, -0.25) is 14.2 Å². The van der Waals surface area contributed by atoms with E-state index >= 15 is 0 Å². The molecule has 0 radical (unpaired) electrons. The third kappa shape index (κ3) is 4.22. The van der Waals surface area contributed by atoms with Crippen molar-refractivity contribution < 1.29 is 9.59 Å². The average molecular weight is 476 g/mol. The summed E-state index contributed by atoms with van der Waals surface area (Å²) in [7, 11) is 0. The summed E-state index contributed by atoms with van der Waals surface area (Å²) in [6.45, 7) is 8.18. The number of carbonyl (C=O) groups is 2. The molecule has 1 saturated heterocycles. The molecule has 1 unspecified atom stereocenters. The standard InChI is InChI=1S/C26H29N5O2S/c1-17-6-9-22(10-7-17)31-25(29-13-4-5-14-29)27-28-26(31)34-18(2)24(33)21-8-11-23-20(16-21)12-15-30(23)19(3)32/h6-11,16,18H,4-5,12-15H2,1-3H3. The van der Waals surface area contributed by atoms with Gasteiger partial charge in [0.1, 0.15) is 0 Å². The zero-order chi connectivity index (χ0) is 23.8. The fourth-order valence-electron chi connectivity index (χ4n) is 4.71. The minimum Gasteiger partial charge on any atom is -0.341 e. The number of Topliss-reactive ketones (excluding diaryl/α,β-unsaturated/α-hetero) is 1. The van der Waals surface area contributed by atoms with Gasteiger partial charge in [0.05, 0.1) is 10.9 Å².